The summed E-state index contributed by atoms with van der Waals surface area (Å²) < 4.78 is 9.92. The third-order valence-electron chi connectivity index (χ3n) is 7.06. The molecule has 3 fully saturated rings. The molecule has 0 radical (unpaired) electrons. The van der Waals surface area contributed by atoms with E-state index in [0.717, 1.165) is 0 Å². The Morgan fingerprint density at radius 1 is 1.14 bits per heavy atom. The molecule has 0 aliphatic carbocycles. The lowest BCUT2D eigenvalue weighted by Gasteiger charge is -2.46. The highest BCUT2D eigenvalue weighted by atomic mass is 32.2. The van der Waals surface area contributed by atoms with E-state index < -0.39 is 60.4 Å². The van der Waals surface area contributed by atoms with Gasteiger partial charge in [0.15, 0.2) is 12.2 Å². The van der Waals surface area contributed by atoms with E-state index in [1.165, 1.54) is 28.5 Å². The number of aliphatic hydroxyl groups excluding tert-OH is 1. The first-order valence-electron chi connectivity index (χ1n) is 11.5. The van der Waals surface area contributed by atoms with Gasteiger partial charge in [0.1, 0.15) is 5.70 Å². The van der Waals surface area contributed by atoms with Crippen LogP contribution in [-0.4, -0.2) is 105 Å². The van der Waals surface area contributed by atoms with Crippen LogP contribution in [0, 0.1) is 11.8 Å². The van der Waals surface area contributed by atoms with Crippen molar-refractivity contribution in [3.8, 4) is 0 Å². The molecule has 8 atom stereocenters. The van der Waals surface area contributed by atoms with Gasteiger partial charge in [-0.2, -0.15) is 0 Å². The van der Waals surface area contributed by atoms with Crippen molar-refractivity contribution >= 4 is 41.7 Å². The number of primary amides is 2. The lowest BCUT2D eigenvalue weighted by molar-refractivity contribution is -0.163. The molecule has 15 heteroatoms. The molecule has 0 spiro atoms. The van der Waals surface area contributed by atoms with Crippen LogP contribution in [0.5, 0.6) is 0 Å². The van der Waals surface area contributed by atoms with Gasteiger partial charge in [0, 0.05) is 22.6 Å². The number of β-lactam (4-membered cyclic amide) rings is 1. The largest absolute Gasteiger partial charge is 0.477 e. The number of carboxylic acid groups (broad SMARTS) is 1. The van der Waals surface area contributed by atoms with Crippen LogP contribution in [-0.2, 0) is 23.9 Å². The number of fused-ring (bicyclic) bond motifs is 1. The molecule has 4 aliphatic heterocycles. The Labute approximate surface area is 210 Å². The maximum atomic E-state index is 13.1. The molecule has 0 saturated carbocycles. The number of amides is 4. The SMILES string of the molecule is C[C@@H](O)[C@H]1C(=O)N2C(C(=O)O)=C(S[C@@H]3CN[C@H](C(=O)N4C[C@H](OC(N)=O)[C@@H](OC(N)=O)C4)C3)[C@H](C)[C@H]12. The van der Waals surface area contributed by atoms with Gasteiger partial charge in [-0.3, -0.25) is 9.59 Å². The van der Waals surface area contributed by atoms with Gasteiger partial charge in [-0.15, -0.1) is 11.8 Å². The minimum atomic E-state index is -1.21. The molecule has 14 nitrogen and oxygen atoms in total. The third-order valence-corrected chi connectivity index (χ3v) is 8.57. The Bertz CT molecular complexity index is 996. The Balaban J connectivity index is 1.42. The predicted molar refractivity (Wildman–Crippen MR) is 123 cm³/mol. The number of hydrogen-bond donors (Lipinski definition) is 5. The summed E-state index contributed by atoms with van der Waals surface area (Å²) in [7, 11) is 0. The number of carbonyl (C=O) groups excluding carboxylic acids is 4. The number of rotatable bonds is 7. The van der Waals surface area contributed by atoms with Crippen LogP contribution < -0.4 is 16.8 Å². The molecule has 0 bridgehead atoms. The van der Waals surface area contributed by atoms with Crippen LogP contribution in [0.25, 0.3) is 0 Å². The molecular formula is C21H29N5O9S. The lowest BCUT2D eigenvalue weighted by atomic mass is 9.79. The van der Waals surface area contributed by atoms with Crippen LogP contribution in [0.4, 0.5) is 9.59 Å². The van der Waals surface area contributed by atoms with Crippen molar-refractivity contribution in [2.45, 2.75) is 55.9 Å². The van der Waals surface area contributed by atoms with Gasteiger partial charge in [0.2, 0.25) is 11.8 Å². The predicted octanol–water partition coefficient (Wildman–Crippen LogP) is -1.63. The minimum absolute atomic E-state index is 0.0272. The van der Waals surface area contributed by atoms with Gasteiger partial charge in [0.05, 0.1) is 37.2 Å². The molecule has 4 rings (SSSR count). The summed E-state index contributed by atoms with van der Waals surface area (Å²) in [6.45, 7) is 3.72. The Morgan fingerprint density at radius 3 is 2.22 bits per heavy atom. The first-order valence-corrected chi connectivity index (χ1v) is 12.4. The number of likely N-dealkylation sites (tertiary alicyclic amines) is 1. The number of carbonyl (C=O) groups is 5. The summed E-state index contributed by atoms with van der Waals surface area (Å²) in [5, 5.41) is 22.8. The number of nitrogens with zero attached hydrogens (tertiary/aromatic N) is 2. The Kier molecular flexibility index (Phi) is 7.07. The van der Waals surface area contributed by atoms with Crippen LogP contribution >= 0.6 is 11.8 Å². The molecule has 36 heavy (non-hydrogen) atoms. The van der Waals surface area contributed by atoms with E-state index in [9.17, 15) is 34.2 Å². The van der Waals surface area contributed by atoms with Crippen LogP contribution in [0.2, 0.25) is 0 Å². The molecule has 7 N–H and O–H groups in total. The monoisotopic (exact) mass is 527 g/mol. The summed E-state index contributed by atoms with van der Waals surface area (Å²) in [4.78, 5) is 63.2. The molecular weight excluding hydrogens is 498 g/mol. The van der Waals surface area contributed by atoms with Gasteiger partial charge in [-0.25, -0.2) is 14.4 Å². The molecule has 4 aliphatic rings. The molecule has 4 heterocycles. The number of nitrogens with two attached hydrogens (primary N) is 2. The van der Waals surface area contributed by atoms with E-state index in [0.29, 0.717) is 17.9 Å². The van der Waals surface area contributed by atoms with Gasteiger partial charge < -0.3 is 46.3 Å². The van der Waals surface area contributed by atoms with Gasteiger partial charge in [0.25, 0.3) is 0 Å². The van der Waals surface area contributed by atoms with Gasteiger partial charge >= 0.3 is 18.2 Å². The average molecular weight is 528 g/mol. The summed E-state index contributed by atoms with van der Waals surface area (Å²) in [6.07, 6.45) is -4.55. The molecule has 0 aromatic rings. The summed E-state index contributed by atoms with van der Waals surface area (Å²) >= 11 is 1.32. The highest BCUT2D eigenvalue weighted by Gasteiger charge is 2.60. The molecule has 4 amide bonds. The fourth-order valence-electron chi connectivity index (χ4n) is 5.51. The van der Waals surface area contributed by atoms with Crippen molar-refractivity contribution in [3.63, 3.8) is 0 Å². The van der Waals surface area contributed by atoms with Crippen molar-refractivity contribution in [2.24, 2.45) is 23.3 Å². The fraction of sp³-hybridized carbons (Fsp3) is 0.667. The molecule has 198 valence electrons. The lowest BCUT2D eigenvalue weighted by Crippen LogP contribution is -2.63. The maximum Gasteiger partial charge on any atom is 0.404 e. The van der Waals surface area contributed by atoms with Crippen LogP contribution in [0.3, 0.4) is 0 Å². The van der Waals surface area contributed by atoms with E-state index in [1.54, 1.807) is 0 Å². The number of nitrogens with one attached hydrogen (secondary N) is 1. The quantitative estimate of drug-likeness (QED) is 0.237. The van der Waals surface area contributed by atoms with E-state index in [2.05, 4.69) is 5.32 Å². The second kappa shape index (κ2) is 9.78. The Hall–Kier alpha value is -3.04. The van der Waals surface area contributed by atoms with E-state index in [-0.39, 0.29) is 35.9 Å². The summed E-state index contributed by atoms with van der Waals surface area (Å²) in [5.74, 6) is -2.83. The number of aliphatic carboxylic acids is 1. The maximum absolute atomic E-state index is 13.1. The smallest absolute Gasteiger partial charge is 0.404 e. The van der Waals surface area contributed by atoms with E-state index in [1.807, 2.05) is 6.92 Å². The van der Waals surface area contributed by atoms with Crippen molar-refractivity contribution < 1.29 is 43.7 Å². The number of aliphatic hydroxyl groups is 1. The number of carboxylic acids is 1. The number of thioether (sulfide) groups is 1. The van der Waals surface area contributed by atoms with Crippen molar-refractivity contribution in [1.29, 1.82) is 0 Å². The van der Waals surface area contributed by atoms with Crippen molar-refractivity contribution in [1.82, 2.24) is 15.1 Å². The zero-order chi connectivity index (χ0) is 26.5. The zero-order valence-electron chi connectivity index (χ0n) is 19.7. The van der Waals surface area contributed by atoms with E-state index >= 15 is 0 Å². The fourth-order valence-corrected chi connectivity index (χ4v) is 6.99. The van der Waals surface area contributed by atoms with Gasteiger partial charge in [-0.05, 0) is 13.3 Å². The highest BCUT2D eigenvalue weighted by molar-refractivity contribution is 8.03. The van der Waals surface area contributed by atoms with Crippen LogP contribution in [0.15, 0.2) is 10.6 Å². The van der Waals surface area contributed by atoms with Crippen molar-refractivity contribution in [3.05, 3.63) is 10.6 Å². The topological polar surface area (TPSA) is 215 Å². The summed E-state index contributed by atoms with van der Waals surface area (Å²) in [5.41, 5.74) is 10.1. The first kappa shape index (κ1) is 26.0. The average Bonchev–Trinajstić information content (AvgIpc) is 3.44. The van der Waals surface area contributed by atoms with Crippen molar-refractivity contribution in [2.75, 3.05) is 19.6 Å². The molecule has 0 aromatic carbocycles. The number of ether oxygens (including phenoxy) is 2. The molecule has 3 saturated heterocycles. The summed E-state index contributed by atoms with van der Waals surface area (Å²) in [6, 6.07) is -1.01. The minimum Gasteiger partial charge on any atom is -0.477 e. The standard InChI is InChI=1S/C21H29N5O9S/c1-7-14-13(8(2)27)18(29)26(14)15(19(30)31)16(7)36-9-3-10(24-4-9)17(28)25-5-11(34-20(22)32)12(6-25)35-21(23)33/h7-14,24,27H,3-6H2,1-2H3,(H2,22,32)(H2,23,33)(H,30,31)/t7-,8-,9+,10+,11+,12+,13-,14-/m1/s1. The zero-order valence-corrected chi connectivity index (χ0v) is 20.5. The second-order valence-electron chi connectivity index (χ2n) is 9.40. The third kappa shape index (κ3) is 4.57. The Morgan fingerprint density at radius 2 is 1.72 bits per heavy atom. The molecule has 0 aromatic heterocycles. The molecule has 0 unspecified atom stereocenters. The highest BCUT2D eigenvalue weighted by Crippen LogP contribution is 2.51. The van der Waals surface area contributed by atoms with Gasteiger partial charge in [-0.1, -0.05) is 6.92 Å². The van der Waals surface area contributed by atoms with E-state index in [4.69, 9.17) is 20.9 Å². The normalized spacial score (nSPS) is 34.3. The number of hydrogen-bond acceptors (Lipinski definition) is 10. The van der Waals surface area contributed by atoms with Crippen LogP contribution in [0.1, 0.15) is 20.3 Å². The second-order valence-corrected chi connectivity index (χ2v) is 10.7. The first-order chi connectivity index (χ1) is 16.9.